The molecule has 1 aromatic heterocycles. The van der Waals surface area contributed by atoms with Gasteiger partial charge in [0, 0.05) is 19.1 Å². The summed E-state index contributed by atoms with van der Waals surface area (Å²) in [6.45, 7) is 1.62. The Morgan fingerprint density at radius 3 is 2.71 bits per heavy atom. The van der Waals surface area contributed by atoms with Gasteiger partial charge in [-0.3, -0.25) is 0 Å². The SMILES string of the molecule is Clc1nnc(C2CCOCC2)cc1Br. The molecule has 0 unspecified atom stereocenters. The van der Waals surface area contributed by atoms with Crippen LogP contribution in [0.3, 0.4) is 0 Å². The average molecular weight is 278 g/mol. The lowest BCUT2D eigenvalue weighted by Gasteiger charge is -2.21. The van der Waals surface area contributed by atoms with Gasteiger partial charge in [0.15, 0.2) is 5.15 Å². The van der Waals surface area contributed by atoms with Gasteiger partial charge >= 0.3 is 0 Å². The molecule has 0 bridgehead atoms. The average Bonchev–Trinajstić information content (AvgIpc) is 2.23. The number of hydrogen-bond acceptors (Lipinski definition) is 3. The van der Waals surface area contributed by atoms with E-state index in [0.29, 0.717) is 11.1 Å². The van der Waals surface area contributed by atoms with Crippen LogP contribution in [-0.4, -0.2) is 23.4 Å². The van der Waals surface area contributed by atoms with Gasteiger partial charge in [-0.1, -0.05) is 11.6 Å². The molecule has 2 heterocycles. The van der Waals surface area contributed by atoms with Crippen LogP contribution in [-0.2, 0) is 4.74 Å². The Kier molecular flexibility index (Phi) is 3.36. The predicted octanol–water partition coefficient (Wildman–Crippen LogP) is 2.79. The third kappa shape index (κ3) is 2.24. The van der Waals surface area contributed by atoms with Gasteiger partial charge in [-0.2, -0.15) is 5.10 Å². The van der Waals surface area contributed by atoms with Crippen molar-refractivity contribution in [2.24, 2.45) is 0 Å². The van der Waals surface area contributed by atoms with Gasteiger partial charge in [-0.25, -0.2) is 0 Å². The summed E-state index contributed by atoms with van der Waals surface area (Å²) in [6, 6.07) is 1.95. The highest BCUT2D eigenvalue weighted by Gasteiger charge is 2.18. The summed E-state index contributed by atoms with van der Waals surface area (Å²) in [5, 5.41) is 8.39. The van der Waals surface area contributed by atoms with Crippen LogP contribution < -0.4 is 0 Å². The molecule has 0 aromatic carbocycles. The van der Waals surface area contributed by atoms with Crippen LogP contribution in [0.1, 0.15) is 24.5 Å². The summed E-state index contributed by atoms with van der Waals surface area (Å²) in [5.74, 6) is 0.463. The molecule has 1 aromatic rings. The van der Waals surface area contributed by atoms with Gasteiger partial charge in [0.1, 0.15) is 0 Å². The zero-order valence-corrected chi connectivity index (χ0v) is 9.88. The van der Waals surface area contributed by atoms with Crippen LogP contribution in [0.25, 0.3) is 0 Å². The Labute approximate surface area is 95.9 Å². The molecule has 2 rings (SSSR count). The summed E-state index contributed by atoms with van der Waals surface area (Å²) in [6.07, 6.45) is 2.03. The first-order chi connectivity index (χ1) is 6.77. The fraction of sp³-hybridized carbons (Fsp3) is 0.556. The number of rotatable bonds is 1. The van der Waals surface area contributed by atoms with E-state index in [9.17, 15) is 0 Å². The maximum Gasteiger partial charge on any atom is 0.165 e. The molecule has 0 saturated carbocycles. The van der Waals surface area contributed by atoms with Crippen molar-refractivity contribution in [3.05, 3.63) is 21.4 Å². The Balaban J connectivity index is 2.18. The summed E-state index contributed by atoms with van der Waals surface area (Å²) >= 11 is 9.12. The van der Waals surface area contributed by atoms with Gasteiger partial charge in [0.2, 0.25) is 0 Å². The second kappa shape index (κ2) is 4.55. The molecular weight excluding hydrogens is 267 g/mol. The van der Waals surface area contributed by atoms with E-state index in [0.717, 1.165) is 36.2 Å². The molecule has 0 amide bonds. The number of halogens is 2. The minimum Gasteiger partial charge on any atom is -0.381 e. The van der Waals surface area contributed by atoms with Crippen molar-refractivity contribution in [2.75, 3.05) is 13.2 Å². The molecule has 0 spiro atoms. The fourth-order valence-corrected chi connectivity index (χ4v) is 1.97. The number of nitrogens with zero attached hydrogens (tertiary/aromatic N) is 2. The Bertz CT molecular complexity index is 329. The molecule has 0 atom stereocenters. The molecule has 1 aliphatic rings. The van der Waals surface area contributed by atoms with Gasteiger partial charge in [0.05, 0.1) is 10.2 Å². The Morgan fingerprint density at radius 2 is 2.07 bits per heavy atom. The molecule has 1 saturated heterocycles. The highest BCUT2D eigenvalue weighted by atomic mass is 79.9. The van der Waals surface area contributed by atoms with E-state index in [1.54, 1.807) is 0 Å². The third-order valence-corrected chi connectivity index (χ3v) is 3.48. The van der Waals surface area contributed by atoms with Crippen LogP contribution in [0.15, 0.2) is 10.5 Å². The molecule has 1 fully saturated rings. The van der Waals surface area contributed by atoms with E-state index in [4.69, 9.17) is 16.3 Å². The summed E-state index contributed by atoms with van der Waals surface area (Å²) < 4.78 is 6.10. The number of aromatic nitrogens is 2. The highest BCUT2D eigenvalue weighted by Crippen LogP contribution is 2.28. The molecule has 0 aliphatic carbocycles. The molecule has 0 N–H and O–H groups in total. The van der Waals surface area contributed by atoms with Crippen LogP contribution in [0.5, 0.6) is 0 Å². The molecule has 14 heavy (non-hydrogen) atoms. The van der Waals surface area contributed by atoms with Crippen molar-refractivity contribution in [3.8, 4) is 0 Å². The molecular formula is C9H10BrClN2O. The fourth-order valence-electron chi connectivity index (χ4n) is 1.56. The smallest absolute Gasteiger partial charge is 0.165 e. The molecule has 3 nitrogen and oxygen atoms in total. The minimum absolute atomic E-state index is 0.417. The first kappa shape index (κ1) is 10.3. The quantitative estimate of drug-likeness (QED) is 0.792. The molecule has 0 radical (unpaired) electrons. The first-order valence-electron chi connectivity index (χ1n) is 4.54. The zero-order valence-electron chi connectivity index (χ0n) is 7.54. The highest BCUT2D eigenvalue weighted by molar-refractivity contribution is 9.10. The molecule has 76 valence electrons. The van der Waals surface area contributed by atoms with Crippen LogP contribution in [0, 0.1) is 0 Å². The van der Waals surface area contributed by atoms with Crippen molar-refractivity contribution in [1.82, 2.24) is 10.2 Å². The van der Waals surface area contributed by atoms with Crippen molar-refractivity contribution in [1.29, 1.82) is 0 Å². The lowest BCUT2D eigenvalue weighted by molar-refractivity contribution is 0.0843. The predicted molar refractivity (Wildman–Crippen MR) is 57.5 cm³/mol. The standard InChI is InChI=1S/C9H10BrClN2O/c10-7-5-8(12-13-9(7)11)6-1-3-14-4-2-6/h5-6H,1-4H2. The van der Waals surface area contributed by atoms with E-state index in [1.165, 1.54) is 0 Å². The largest absolute Gasteiger partial charge is 0.381 e. The lowest BCUT2D eigenvalue weighted by Crippen LogP contribution is -2.15. The molecule has 1 aliphatic heterocycles. The Morgan fingerprint density at radius 1 is 1.36 bits per heavy atom. The van der Waals surface area contributed by atoms with E-state index >= 15 is 0 Å². The van der Waals surface area contributed by atoms with Crippen molar-refractivity contribution >= 4 is 27.5 Å². The zero-order chi connectivity index (χ0) is 9.97. The van der Waals surface area contributed by atoms with Gasteiger partial charge in [-0.05, 0) is 34.8 Å². The minimum atomic E-state index is 0.417. The summed E-state index contributed by atoms with van der Waals surface area (Å²) in [5.41, 5.74) is 1.00. The summed E-state index contributed by atoms with van der Waals surface area (Å²) in [7, 11) is 0. The Hall–Kier alpha value is -0.190. The lowest BCUT2D eigenvalue weighted by atomic mass is 9.96. The monoisotopic (exact) mass is 276 g/mol. The first-order valence-corrected chi connectivity index (χ1v) is 5.71. The van der Waals surface area contributed by atoms with Crippen molar-refractivity contribution < 1.29 is 4.74 Å². The maximum atomic E-state index is 5.77. The maximum absolute atomic E-state index is 5.77. The van der Waals surface area contributed by atoms with Gasteiger partial charge in [0.25, 0.3) is 0 Å². The second-order valence-corrected chi connectivity index (χ2v) is 4.51. The van der Waals surface area contributed by atoms with E-state index in [-0.39, 0.29) is 0 Å². The van der Waals surface area contributed by atoms with Crippen LogP contribution in [0.2, 0.25) is 5.15 Å². The normalized spacial score (nSPS) is 18.4. The second-order valence-electron chi connectivity index (χ2n) is 3.29. The van der Waals surface area contributed by atoms with Crippen molar-refractivity contribution in [3.63, 3.8) is 0 Å². The van der Waals surface area contributed by atoms with Crippen LogP contribution >= 0.6 is 27.5 Å². The topological polar surface area (TPSA) is 35.0 Å². The van der Waals surface area contributed by atoms with Crippen molar-refractivity contribution in [2.45, 2.75) is 18.8 Å². The number of hydrogen-bond donors (Lipinski definition) is 0. The number of ether oxygens (including phenoxy) is 1. The van der Waals surface area contributed by atoms with E-state index in [2.05, 4.69) is 26.1 Å². The van der Waals surface area contributed by atoms with Gasteiger partial charge < -0.3 is 4.74 Å². The van der Waals surface area contributed by atoms with E-state index in [1.807, 2.05) is 6.07 Å². The third-order valence-electron chi connectivity index (χ3n) is 2.36. The van der Waals surface area contributed by atoms with Gasteiger partial charge in [-0.15, -0.1) is 5.10 Å². The summed E-state index contributed by atoms with van der Waals surface area (Å²) in [4.78, 5) is 0. The molecule has 5 heteroatoms. The van der Waals surface area contributed by atoms with E-state index < -0.39 is 0 Å². The van der Waals surface area contributed by atoms with Crippen LogP contribution in [0.4, 0.5) is 0 Å².